The summed E-state index contributed by atoms with van der Waals surface area (Å²) in [4.78, 5) is 22.7. The molecule has 0 unspecified atom stereocenters. The number of carbonyl (C=O) groups is 1. The molecule has 0 aromatic heterocycles. The average Bonchev–Trinajstić information content (AvgIpc) is 2.74. The number of rotatable bonds is 8. The van der Waals surface area contributed by atoms with E-state index >= 15 is 0 Å². The quantitative estimate of drug-likeness (QED) is 0.143. The number of hydrazone groups is 1. The molecule has 0 aliphatic rings. The summed E-state index contributed by atoms with van der Waals surface area (Å²) in [5.74, 6) is 0.321. The van der Waals surface area contributed by atoms with Crippen LogP contribution in [0.4, 0.5) is 5.69 Å². The number of carbonyl (C=O) groups excluding carboxylic acids is 1. The summed E-state index contributed by atoms with van der Waals surface area (Å²) < 4.78 is 7.76. The lowest BCUT2D eigenvalue weighted by atomic mass is 10.1. The summed E-state index contributed by atoms with van der Waals surface area (Å²) in [6.07, 6.45) is 1.38. The lowest BCUT2D eigenvalue weighted by Crippen LogP contribution is -2.20. The van der Waals surface area contributed by atoms with Crippen molar-refractivity contribution in [3.05, 3.63) is 99.6 Å². The van der Waals surface area contributed by atoms with Crippen molar-refractivity contribution in [1.82, 2.24) is 5.43 Å². The van der Waals surface area contributed by atoms with Crippen LogP contribution in [0.1, 0.15) is 16.7 Å². The number of hydrogen-bond acceptors (Lipinski definition) is 5. The second-order valence-corrected chi connectivity index (χ2v) is 9.35. The Morgan fingerprint density at radius 1 is 1.12 bits per heavy atom. The minimum absolute atomic E-state index is 0.0927. The zero-order chi connectivity index (χ0) is 23.1. The van der Waals surface area contributed by atoms with Crippen molar-refractivity contribution in [2.24, 2.45) is 5.10 Å². The van der Waals surface area contributed by atoms with Crippen molar-refractivity contribution in [2.45, 2.75) is 13.0 Å². The molecule has 0 saturated heterocycles. The van der Waals surface area contributed by atoms with Gasteiger partial charge in [0.25, 0.3) is 5.69 Å². The van der Waals surface area contributed by atoms with E-state index < -0.39 is 10.8 Å². The normalized spacial score (nSPS) is 10.8. The molecule has 1 amide bonds. The number of amides is 1. The molecule has 0 aliphatic carbocycles. The Balaban J connectivity index is 1.60. The van der Waals surface area contributed by atoms with Crippen molar-refractivity contribution in [3.63, 3.8) is 0 Å². The van der Waals surface area contributed by atoms with E-state index in [0.29, 0.717) is 17.2 Å². The van der Waals surface area contributed by atoms with Gasteiger partial charge in [0.2, 0.25) is 5.91 Å². The van der Waals surface area contributed by atoms with Gasteiger partial charge in [0.05, 0.1) is 24.7 Å². The van der Waals surface area contributed by atoms with Gasteiger partial charge in [-0.1, -0.05) is 41.9 Å². The van der Waals surface area contributed by atoms with Crippen LogP contribution in [0.3, 0.4) is 0 Å². The minimum Gasteiger partial charge on any atom is -0.487 e. The molecule has 10 heteroatoms. The molecule has 3 rings (SSSR count). The molecule has 0 radical (unpaired) electrons. The second-order valence-electron chi connectivity index (χ2n) is 6.58. The van der Waals surface area contributed by atoms with Gasteiger partial charge in [0, 0.05) is 16.7 Å². The lowest BCUT2D eigenvalue weighted by molar-refractivity contribution is -0.385. The van der Waals surface area contributed by atoms with Gasteiger partial charge in [0.15, 0.2) is 0 Å². The highest BCUT2D eigenvalue weighted by molar-refractivity contribution is 14.1. The van der Waals surface area contributed by atoms with Gasteiger partial charge in [-0.2, -0.15) is 5.10 Å². The average molecular weight is 676 g/mol. The number of benzene rings is 3. The molecular weight excluding hydrogens is 660 g/mol. The number of ether oxygens (including phenoxy) is 1. The van der Waals surface area contributed by atoms with E-state index in [2.05, 4.69) is 55.7 Å². The Hall–Kier alpha value is -2.25. The van der Waals surface area contributed by atoms with Crippen LogP contribution in [0.15, 0.2) is 65.8 Å². The van der Waals surface area contributed by atoms with Crippen molar-refractivity contribution in [3.8, 4) is 5.75 Å². The topological polar surface area (TPSA) is 93.8 Å². The zero-order valence-electron chi connectivity index (χ0n) is 16.4. The first kappa shape index (κ1) is 24.4. The van der Waals surface area contributed by atoms with E-state index in [9.17, 15) is 14.9 Å². The standard InChI is InChI=1S/C22H16ClI2N3O4/c23-17-7-5-14(6-8-17)13-32-22-18(24)9-15(10-19(22)25)12-26-27-21(29)11-16-3-1-2-4-20(16)28(30)31/h1-10,12H,11,13H2,(H,27,29)/b26-12+. The predicted octanol–water partition coefficient (Wildman–Crippen LogP) is 5.73. The predicted molar refractivity (Wildman–Crippen MR) is 140 cm³/mol. The fourth-order valence-corrected chi connectivity index (χ4v) is 5.01. The van der Waals surface area contributed by atoms with Crippen LogP contribution in [-0.2, 0) is 17.8 Å². The molecule has 0 fully saturated rings. The summed E-state index contributed by atoms with van der Waals surface area (Å²) >= 11 is 10.3. The SMILES string of the molecule is O=C(Cc1ccccc1[N+](=O)[O-])N/N=C/c1cc(I)c(OCc2ccc(Cl)cc2)c(I)c1. The Labute approximate surface area is 216 Å². The minimum atomic E-state index is -0.508. The molecule has 7 nitrogen and oxygen atoms in total. The smallest absolute Gasteiger partial charge is 0.273 e. The van der Waals surface area contributed by atoms with Crippen molar-refractivity contribution < 1.29 is 14.5 Å². The maximum absolute atomic E-state index is 12.1. The Morgan fingerprint density at radius 3 is 2.44 bits per heavy atom. The van der Waals surface area contributed by atoms with Crippen molar-refractivity contribution >= 4 is 74.6 Å². The Bertz CT molecular complexity index is 1150. The van der Waals surface area contributed by atoms with Crippen LogP contribution >= 0.6 is 56.8 Å². The van der Waals surface area contributed by atoms with Crippen LogP contribution in [0.25, 0.3) is 0 Å². The van der Waals surface area contributed by atoms with Crippen LogP contribution in [0, 0.1) is 17.3 Å². The first-order valence-electron chi connectivity index (χ1n) is 9.24. The third-order valence-electron chi connectivity index (χ3n) is 4.26. The second kappa shape index (κ2) is 11.6. The number of para-hydroxylation sites is 1. The number of nitrogens with zero attached hydrogens (tertiary/aromatic N) is 2. The van der Waals surface area contributed by atoms with Gasteiger partial charge in [-0.05, 0) is 80.6 Å². The fourth-order valence-electron chi connectivity index (χ4n) is 2.76. The van der Waals surface area contributed by atoms with Crippen molar-refractivity contribution in [1.29, 1.82) is 0 Å². The number of nitro benzene ring substituents is 1. The number of nitrogens with one attached hydrogen (secondary N) is 1. The number of halogens is 3. The first-order chi connectivity index (χ1) is 15.3. The van der Waals surface area contributed by atoms with E-state index in [1.807, 2.05) is 36.4 Å². The van der Waals surface area contributed by atoms with Gasteiger partial charge >= 0.3 is 0 Å². The molecule has 0 atom stereocenters. The summed E-state index contributed by atoms with van der Waals surface area (Å²) in [5.41, 5.74) is 4.44. The first-order valence-corrected chi connectivity index (χ1v) is 11.8. The maximum Gasteiger partial charge on any atom is 0.273 e. The van der Waals surface area contributed by atoms with E-state index in [1.54, 1.807) is 18.2 Å². The van der Waals surface area contributed by atoms with Crippen LogP contribution in [0.5, 0.6) is 5.75 Å². The zero-order valence-corrected chi connectivity index (χ0v) is 21.5. The number of hydrogen-bond donors (Lipinski definition) is 1. The summed E-state index contributed by atoms with van der Waals surface area (Å²) in [7, 11) is 0. The van der Waals surface area contributed by atoms with E-state index in [4.69, 9.17) is 16.3 Å². The summed E-state index contributed by atoms with van der Waals surface area (Å²) in [5, 5.41) is 15.7. The number of nitro groups is 1. The highest BCUT2D eigenvalue weighted by atomic mass is 127. The highest BCUT2D eigenvalue weighted by Crippen LogP contribution is 2.29. The molecule has 164 valence electrons. The Kier molecular flexibility index (Phi) is 8.82. The molecule has 1 N–H and O–H groups in total. The van der Waals surface area contributed by atoms with E-state index in [-0.39, 0.29) is 12.1 Å². The lowest BCUT2D eigenvalue weighted by Gasteiger charge is -2.11. The van der Waals surface area contributed by atoms with Crippen molar-refractivity contribution in [2.75, 3.05) is 0 Å². The molecule has 0 heterocycles. The summed E-state index contributed by atoms with van der Waals surface area (Å²) in [6, 6.07) is 17.4. The van der Waals surface area contributed by atoms with Gasteiger partial charge in [-0.3, -0.25) is 14.9 Å². The molecule has 0 spiro atoms. The highest BCUT2D eigenvalue weighted by Gasteiger charge is 2.15. The Morgan fingerprint density at radius 2 is 1.78 bits per heavy atom. The third kappa shape index (κ3) is 6.87. The monoisotopic (exact) mass is 675 g/mol. The van der Waals surface area contributed by atoms with Crippen LogP contribution < -0.4 is 10.2 Å². The van der Waals surface area contributed by atoms with E-state index in [1.165, 1.54) is 12.3 Å². The van der Waals surface area contributed by atoms with Gasteiger partial charge in [-0.15, -0.1) is 0 Å². The van der Waals surface area contributed by atoms with Crippen LogP contribution in [-0.4, -0.2) is 17.0 Å². The molecule has 3 aromatic rings. The molecule has 3 aromatic carbocycles. The molecule has 0 saturated carbocycles. The van der Waals surface area contributed by atoms with Crippen LogP contribution in [0.2, 0.25) is 5.02 Å². The third-order valence-corrected chi connectivity index (χ3v) is 6.11. The largest absolute Gasteiger partial charge is 0.487 e. The van der Waals surface area contributed by atoms with E-state index in [0.717, 1.165) is 24.0 Å². The molecule has 0 aliphatic heterocycles. The fraction of sp³-hybridized carbons (Fsp3) is 0.0909. The summed E-state index contributed by atoms with van der Waals surface area (Å²) in [6.45, 7) is 0.415. The molecule has 0 bridgehead atoms. The molecule has 32 heavy (non-hydrogen) atoms. The van der Waals surface area contributed by atoms with Gasteiger partial charge < -0.3 is 4.74 Å². The van der Waals surface area contributed by atoms with Gasteiger partial charge in [0.1, 0.15) is 12.4 Å². The molecular formula is C22H16ClI2N3O4. The van der Waals surface area contributed by atoms with Gasteiger partial charge in [-0.25, -0.2) is 5.43 Å². The maximum atomic E-state index is 12.1.